The monoisotopic (exact) mass is 684 g/mol. The number of rotatable bonds is 5. The molecule has 8 rings (SSSR count). The molecule has 0 atom stereocenters. The third kappa shape index (κ3) is 6.00. The van der Waals surface area contributed by atoms with Crippen LogP contribution in [0.3, 0.4) is 0 Å². The van der Waals surface area contributed by atoms with Crippen molar-refractivity contribution in [3.63, 3.8) is 0 Å². The lowest BCUT2D eigenvalue weighted by atomic mass is 9.98. The van der Waals surface area contributed by atoms with Gasteiger partial charge in [0.2, 0.25) is 11.9 Å². The number of halogens is 3. The highest BCUT2D eigenvalue weighted by atomic mass is 19.2. The molecule has 0 saturated carbocycles. The summed E-state index contributed by atoms with van der Waals surface area (Å²) in [5, 5.41) is 12.7. The number of aryl methyl sites for hydroxylation is 2. The van der Waals surface area contributed by atoms with Crippen LogP contribution in [0.5, 0.6) is 0 Å². The molecule has 12 nitrogen and oxygen atoms in total. The van der Waals surface area contributed by atoms with Gasteiger partial charge in [0.1, 0.15) is 0 Å². The minimum atomic E-state index is -1.65. The quantitative estimate of drug-likeness (QED) is 0.255. The van der Waals surface area contributed by atoms with Crippen LogP contribution in [0.1, 0.15) is 35.1 Å². The molecule has 6 aromatic rings. The van der Waals surface area contributed by atoms with Gasteiger partial charge in [0.15, 0.2) is 17.5 Å². The average Bonchev–Trinajstić information content (AvgIpc) is 3.50. The first-order valence-corrected chi connectivity index (χ1v) is 15.9. The van der Waals surface area contributed by atoms with E-state index in [2.05, 4.69) is 25.7 Å². The van der Waals surface area contributed by atoms with Crippen molar-refractivity contribution >= 4 is 39.2 Å². The summed E-state index contributed by atoms with van der Waals surface area (Å²) < 4.78 is 51.6. The lowest BCUT2D eigenvalue weighted by Gasteiger charge is -2.20. The number of carbonyl (C=O) groups is 1. The summed E-state index contributed by atoms with van der Waals surface area (Å²) in [4.78, 5) is 50.0. The van der Waals surface area contributed by atoms with Gasteiger partial charge in [-0.2, -0.15) is 10.1 Å². The number of nitrogens with one attached hydrogen (secondary N) is 2. The van der Waals surface area contributed by atoms with Crippen LogP contribution in [0, 0.1) is 24.4 Å². The van der Waals surface area contributed by atoms with Gasteiger partial charge in [-0.15, -0.1) is 0 Å². The molecule has 0 unspecified atom stereocenters. The van der Waals surface area contributed by atoms with Crippen LogP contribution >= 0.6 is 0 Å². The van der Waals surface area contributed by atoms with Crippen molar-refractivity contribution in [1.29, 1.82) is 0 Å². The van der Waals surface area contributed by atoms with Crippen LogP contribution in [0.4, 0.5) is 24.8 Å². The molecule has 0 radical (unpaired) electrons. The van der Waals surface area contributed by atoms with Gasteiger partial charge in [-0.3, -0.25) is 19.0 Å². The van der Waals surface area contributed by atoms with Gasteiger partial charge in [0.25, 0.3) is 0 Å². The second kappa shape index (κ2) is 13.2. The van der Waals surface area contributed by atoms with E-state index in [9.17, 15) is 27.6 Å². The van der Waals surface area contributed by atoms with Crippen molar-refractivity contribution in [2.24, 2.45) is 0 Å². The van der Waals surface area contributed by atoms with E-state index in [1.807, 2.05) is 19.2 Å². The summed E-state index contributed by atoms with van der Waals surface area (Å²) in [5.74, 6) is -4.91. The highest BCUT2D eigenvalue weighted by Gasteiger charge is 2.23. The smallest absolute Gasteiger partial charge is 0.359 e. The summed E-state index contributed by atoms with van der Waals surface area (Å²) in [6, 6.07) is 8.70. The van der Waals surface area contributed by atoms with Gasteiger partial charge < -0.3 is 15.4 Å². The average molecular weight is 685 g/mol. The molecule has 3 aromatic carbocycles. The lowest BCUT2D eigenvalue weighted by Crippen LogP contribution is -2.42. The van der Waals surface area contributed by atoms with Crippen LogP contribution in [0.15, 0.2) is 64.6 Å². The number of hydrogen-bond donors (Lipinski definition) is 2. The van der Waals surface area contributed by atoms with Crippen LogP contribution in [-0.4, -0.2) is 48.5 Å². The number of methoxy groups -OCH3 is 1. The maximum Gasteiger partial charge on any atom is 0.359 e. The molecular formula is C35H31F3N8O4. The maximum absolute atomic E-state index is 14.5. The fourth-order valence-electron chi connectivity index (χ4n) is 6.41. The minimum absolute atomic E-state index is 0.0841. The van der Waals surface area contributed by atoms with Crippen molar-refractivity contribution in [2.75, 3.05) is 19.0 Å². The number of nitrogens with zero attached hydrogens (tertiary/aromatic N) is 6. The Morgan fingerprint density at radius 2 is 1.82 bits per heavy atom. The Morgan fingerprint density at radius 1 is 1.02 bits per heavy atom. The Morgan fingerprint density at radius 3 is 2.60 bits per heavy atom. The summed E-state index contributed by atoms with van der Waals surface area (Å²) >= 11 is 0. The maximum atomic E-state index is 14.5. The van der Waals surface area contributed by atoms with Gasteiger partial charge in [0, 0.05) is 54.3 Å². The van der Waals surface area contributed by atoms with E-state index in [1.54, 1.807) is 36.2 Å². The Kier molecular flexibility index (Phi) is 8.65. The second-order valence-electron chi connectivity index (χ2n) is 12.1. The fourth-order valence-corrected chi connectivity index (χ4v) is 6.41. The SMILES string of the molecule is COCCn1cc2c3c(c(C)cc2n1)Nc1nc(=O)n(c(=O)n1Cc1cc(F)c(F)c(F)c1)-c1cncc2cccc(c12)CNC(=O)CCC3. The molecule has 1 amide bonds. The molecule has 3 aromatic heterocycles. The predicted molar refractivity (Wildman–Crippen MR) is 179 cm³/mol. The van der Waals surface area contributed by atoms with Crippen molar-refractivity contribution in [1.82, 2.24) is 34.2 Å². The van der Waals surface area contributed by atoms with Gasteiger partial charge in [-0.1, -0.05) is 18.2 Å². The number of hydrogen-bond acceptors (Lipinski definition) is 8. The zero-order valence-corrected chi connectivity index (χ0v) is 27.1. The predicted octanol–water partition coefficient (Wildman–Crippen LogP) is 4.41. The Hall–Kier alpha value is -5.83. The number of benzene rings is 3. The number of pyridine rings is 1. The third-order valence-electron chi connectivity index (χ3n) is 8.78. The van der Waals surface area contributed by atoms with Crippen molar-refractivity contribution in [2.45, 2.75) is 45.8 Å². The molecule has 0 saturated heterocycles. The van der Waals surface area contributed by atoms with E-state index in [0.717, 1.165) is 32.2 Å². The molecule has 0 fully saturated rings. The highest BCUT2D eigenvalue weighted by Crippen LogP contribution is 2.33. The topological polar surface area (TPSA) is 138 Å². The Labute approximate surface area is 282 Å². The van der Waals surface area contributed by atoms with E-state index in [1.165, 1.54) is 6.20 Å². The molecule has 2 N–H and O–H groups in total. The number of amides is 1. The van der Waals surface area contributed by atoms with Crippen LogP contribution < -0.4 is 22.0 Å². The van der Waals surface area contributed by atoms with E-state index < -0.39 is 35.4 Å². The first-order valence-electron chi connectivity index (χ1n) is 15.9. The van der Waals surface area contributed by atoms with Crippen molar-refractivity contribution in [3.8, 4) is 5.69 Å². The van der Waals surface area contributed by atoms with Gasteiger partial charge in [-0.05, 0) is 60.2 Å². The summed E-state index contributed by atoms with van der Waals surface area (Å²) in [7, 11) is 1.59. The molecule has 5 heterocycles. The first kappa shape index (κ1) is 32.7. The standard InChI is InChI=1S/C35H31F3N8O4/c1-19-11-27-24(18-44(43-27)9-10-50-2)23-7-4-8-29(47)40-15-22-6-3-5-21-14-39-16-28(30(21)22)46-34(48)42-33(41-32(19)23)45(35(46)49)17-20-12-25(36)31(38)26(37)13-20/h3,5-6,11-14,16,18H,4,7-10,15,17H2,1-2H3,(H,40,47)(H,41,42,48). The van der Waals surface area contributed by atoms with Crippen LogP contribution in [0.25, 0.3) is 27.4 Å². The van der Waals surface area contributed by atoms with Gasteiger partial charge in [-0.25, -0.2) is 27.3 Å². The largest absolute Gasteiger partial charge is 0.383 e. The van der Waals surface area contributed by atoms with Gasteiger partial charge in [0.05, 0.1) is 37.1 Å². The molecule has 0 spiro atoms. The van der Waals surface area contributed by atoms with E-state index in [0.29, 0.717) is 59.1 Å². The molecule has 0 aliphatic carbocycles. The number of anilines is 2. The van der Waals surface area contributed by atoms with E-state index in [-0.39, 0.29) is 36.1 Å². The third-order valence-corrected chi connectivity index (χ3v) is 8.78. The van der Waals surface area contributed by atoms with Crippen molar-refractivity contribution in [3.05, 3.63) is 116 Å². The Bertz CT molecular complexity index is 2410. The number of fused-ring (bicyclic) bond motifs is 8. The molecule has 50 heavy (non-hydrogen) atoms. The van der Waals surface area contributed by atoms with Crippen LogP contribution in [-0.2, 0) is 35.6 Å². The minimum Gasteiger partial charge on any atom is -0.383 e. The molecule has 256 valence electrons. The fraction of sp³-hybridized carbons (Fsp3) is 0.257. The molecule has 2 aliphatic heterocycles. The first-order chi connectivity index (χ1) is 24.1. The highest BCUT2D eigenvalue weighted by molar-refractivity contribution is 5.93. The summed E-state index contributed by atoms with van der Waals surface area (Å²) in [6.45, 7) is 2.36. The zero-order chi connectivity index (χ0) is 35.1. The Balaban J connectivity index is 1.50. The molecule has 2 aliphatic rings. The summed E-state index contributed by atoms with van der Waals surface area (Å²) in [5.41, 5.74) is 1.44. The molecular weight excluding hydrogens is 653 g/mol. The molecule has 2 bridgehead atoms. The van der Waals surface area contributed by atoms with E-state index >= 15 is 0 Å². The van der Waals surface area contributed by atoms with E-state index in [4.69, 9.17) is 4.74 Å². The number of carbonyl (C=O) groups excluding carboxylic acids is 1. The summed E-state index contributed by atoms with van der Waals surface area (Å²) in [6.07, 6.45) is 5.83. The second-order valence-corrected chi connectivity index (χ2v) is 12.1. The molecule has 15 heteroatoms. The lowest BCUT2D eigenvalue weighted by molar-refractivity contribution is -0.121. The zero-order valence-electron chi connectivity index (χ0n) is 27.1. The number of aromatic nitrogens is 6. The van der Waals surface area contributed by atoms with Crippen molar-refractivity contribution < 1.29 is 22.7 Å². The normalized spacial score (nSPS) is 13.4. The van der Waals surface area contributed by atoms with Crippen LogP contribution in [0.2, 0.25) is 0 Å². The number of ether oxygens (including phenoxy) is 1. The van der Waals surface area contributed by atoms with Gasteiger partial charge >= 0.3 is 11.4 Å².